The van der Waals surface area contributed by atoms with Gasteiger partial charge in [-0.2, -0.15) is 0 Å². The van der Waals surface area contributed by atoms with Crippen molar-refractivity contribution in [2.75, 3.05) is 0 Å². The van der Waals surface area contributed by atoms with E-state index in [0.717, 1.165) is 11.8 Å². The molecule has 0 aliphatic heterocycles. The van der Waals surface area contributed by atoms with Gasteiger partial charge in [0.05, 0.1) is 0 Å². The van der Waals surface area contributed by atoms with Crippen LogP contribution in [0.5, 0.6) is 0 Å². The quantitative estimate of drug-likeness (QED) is 0.674. The lowest BCUT2D eigenvalue weighted by Crippen LogP contribution is -1.96. The Morgan fingerprint density at radius 1 is 1.37 bits per heavy atom. The maximum Gasteiger partial charge on any atom is 0 e. The minimum Gasteiger partial charge on any atom is -0.0984 e. The van der Waals surface area contributed by atoms with Gasteiger partial charge in [-0.25, -0.2) is 0 Å². The van der Waals surface area contributed by atoms with Gasteiger partial charge in [0.1, 0.15) is 0 Å². The summed E-state index contributed by atoms with van der Waals surface area (Å²) in [6, 6.07) is 2.38. The van der Waals surface area contributed by atoms with Crippen molar-refractivity contribution in [3.63, 3.8) is 0 Å². The highest BCUT2D eigenvalue weighted by molar-refractivity contribution is 5.71. The second-order valence-corrected chi connectivity index (χ2v) is 6.52. The summed E-state index contributed by atoms with van der Waals surface area (Å²) in [5.41, 5.74) is 8.96. The average Bonchev–Trinajstić information content (AvgIpc) is 3.15. The molecule has 0 saturated heterocycles. The van der Waals surface area contributed by atoms with E-state index in [1.807, 2.05) is 6.08 Å². The second-order valence-electron chi connectivity index (χ2n) is 6.52. The maximum absolute atomic E-state index is 4.02. The Kier molecular flexibility index (Phi) is 3.12. The predicted octanol–water partition coefficient (Wildman–Crippen LogP) is 5.43. The molecule has 1 aromatic rings. The standard InChI is InChI=1S/C19H24.H2/c1-5-15-11-17-8-12(2)9-18(17)14(4)19(15)10-13(3)16-6-7-16;/h5,10-12,16H,1,6-9H2,2-4H3;1H/b13-10+;/t12-;/m1./s1. The Bertz CT molecular complexity index is 562. The number of fused-ring (bicyclic) bond motifs is 1. The van der Waals surface area contributed by atoms with E-state index in [1.165, 1.54) is 42.4 Å². The normalized spacial score (nSPS) is 22.5. The van der Waals surface area contributed by atoms with Crippen molar-refractivity contribution >= 4 is 12.2 Å². The lowest BCUT2D eigenvalue weighted by Gasteiger charge is -2.13. The van der Waals surface area contributed by atoms with E-state index < -0.39 is 0 Å². The molecule has 0 radical (unpaired) electrons. The number of rotatable bonds is 3. The summed E-state index contributed by atoms with van der Waals surface area (Å²) < 4.78 is 0. The first kappa shape index (κ1) is 12.7. The first-order valence-electron chi connectivity index (χ1n) is 7.56. The van der Waals surface area contributed by atoms with Crippen LogP contribution in [-0.4, -0.2) is 0 Å². The van der Waals surface area contributed by atoms with Crippen LogP contribution in [0.25, 0.3) is 12.2 Å². The van der Waals surface area contributed by atoms with E-state index in [4.69, 9.17) is 0 Å². The molecule has 0 N–H and O–H groups in total. The van der Waals surface area contributed by atoms with Crippen molar-refractivity contribution in [3.05, 3.63) is 46.0 Å². The van der Waals surface area contributed by atoms with E-state index in [9.17, 15) is 0 Å². The summed E-state index contributed by atoms with van der Waals surface area (Å²) in [5.74, 6) is 1.65. The van der Waals surface area contributed by atoms with E-state index in [-0.39, 0.29) is 1.43 Å². The highest BCUT2D eigenvalue weighted by Gasteiger charge is 2.25. The van der Waals surface area contributed by atoms with Crippen LogP contribution >= 0.6 is 0 Å². The topological polar surface area (TPSA) is 0 Å². The molecule has 0 bridgehead atoms. The van der Waals surface area contributed by atoms with Crippen molar-refractivity contribution in [1.29, 1.82) is 0 Å². The highest BCUT2D eigenvalue weighted by Crippen LogP contribution is 2.39. The van der Waals surface area contributed by atoms with Gasteiger partial charge in [-0.1, -0.05) is 37.3 Å². The monoisotopic (exact) mass is 254 g/mol. The molecule has 1 fully saturated rings. The van der Waals surface area contributed by atoms with Crippen LogP contribution in [0.1, 0.15) is 55.9 Å². The number of benzene rings is 1. The Morgan fingerprint density at radius 2 is 2.11 bits per heavy atom. The van der Waals surface area contributed by atoms with Crippen LogP contribution in [0.3, 0.4) is 0 Å². The maximum atomic E-state index is 4.02. The molecule has 0 aromatic heterocycles. The molecule has 2 aliphatic carbocycles. The summed E-state index contributed by atoms with van der Waals surface area (Å²) in [6.07, 6.45) is 9.71. The van der Waals surface area contributed by atoms with Gasteiger partial charge in [-0.05, 0) is 79.2 Å². The summed E-state index contributed by atoms with van der Waals surface area (Å²) in [4.78, 5) is 0. The lowest BCUT2D eigenvalue weighted by atomic mass is 9.92. The molecule has 0 heterocycles. The molecule has 1 saturated carbocycles. The van der Waals surface area contributed by atoms with Crippen LogP contribution in [0, 0.1) is 18.8 Å². The van der Waals surface area contributed by atoms with E-state index in [1.54, 1.807) is 16.7 Å². The van der Waals surface area contributed by atoms with Gasteiger partial charge in [-0.15, -0.1) is 0 Å². The minimum atomic E-state index is 0. The molecule has 102 valence electrons. The first-order chi connectivity index (χ1) is 9.10. The molecule has 3 rings (SSSR count). The highest BCUT2D eigenvalue weighted by atomic mass is 14.3. The molecule has 1 atom stereocenters. The van der Waals surface area contributed by atoms with Crippen LogP contribution in [0.4, 0.5) is 0 Å². The van der Waals surface area contributed by atoms with Crippen molar-refractivity contribution in [2.45, 2.75) is 46.5 Å². The Hall–Kier alpha value is -1.30. The zero-order valence-electron chi connectivity index (χ0n) is 12.4. The summed E-state index contributed by atoms with van der Waals surface area (Å²) in [7, 11) is 0. The zero-order chi connectivity index (χ0) is 13.6. The van der Waals surface area contributed by atoms with Crippen LogP contribution in [0.2, 0.25) is 0 Å². The fraction of sp³-hybridized carbons (Fsp3) is 0.474. The van der Waals surface area contributed by atoms with Gasteiger partial charge in [0.15, 0.2) is 0 Å². The third kappa shape index (κ3) is 2.29. The van der Waals surface area contributed by atoms with Crippen LogP contribution in [0.15, 0.2) is 18.2 Å². The van der Waals surface area contributed by atoms with Crippen LogP contribution in [-0.2, 0) is 12.8 Å². The molecule has 1 aromatic carbocycles. The van der Waals surface area contributed by atoms with Crippen molar-refractivity contribution in [3.8, 4) is 0 Å². The second kappa shape index (κ2) is 4.67. The predicted molar refractivity (Wildman–Crippen MR) is 86.3 cm³/mol. The van der Waals surface area contributed by atoms with E-state index >= 15 is 0 Å². The molecule has 2 aliphatic rings. The summed E-state index contributed by atoms with van der Waals surface area (Å²) in [5, 5.41) is 0. The largest absolute Gasteiger partial charge is 0.0984 e. The third-order valence-electron chi connectivity index (χ3n) is 4.82. The lowest BCUT2D eigenvalue weighted by molar-refractivity contribution is 0.627. The molecule has 0 nitrogen and oxygen atoms in total. The van der Waals surface area contributed by atoms with Gasteiger partial charge < -0.3 is 0 Å². The van der Waals surface area contributed by atoms with E-state index in [0.29, 0.717) is 0 Å². The summed E-state index contributed by atoms with van der Waals surface area (Å²) in [6.45, 7) is 11.0. The third-order valence-corrected chi connectivity index (χ3v) is 4.82. The minimum absolute atomic E-state index is 0. The summed E-state index contributed by atoms with van der Waals surface area (Å²) >= 11 is 0. The molecule has 0 amide bonds. The zero-order valence-corrected chi connectivity index (χ0v) is 12.4. The molecule has 0 unspecified atom stereocenters. The number of allylic oxidation sites excluding steroid dienone is 1. The molecular weight excluding hydrogens is 228 g/mol. The van der Waals surface area contributed by atoms with Crippen molar-refractivity contribution < 1.29 is 1.43 Å². The Balaban J connectivity index is 0.00000147. The van der Waals surface area contributed by atoms with Crippen LogP contribution < -0.4 is 0 Å². The fourth-order valence-electron chi connectivity index (χ4n) is 3.48. The van der Waals surface area contributed by atoms with Gasteiger partial charge in [0.25, 0.3) is 0 Å². The van der Waals surface area contributed by atoms with Gasteiger partial charge in [0.2, 0.25) is 0 Å². The van der Waals surface area contributed by atoms with Crippen molar-refractivity contribution in [2.24, 2.45) is 11.8 Å². The van der Waals surface area contributed by atoms with Gasteiger partial charge >= 0.3 is 0 Å². The number of hydrogen-bond donors (Lipinski definition) is 0. The molecular formula is C19H26. The smallest absolute Gasteiger partial charge is 0 e. The van der Waals surface area contributed by atoms with Gasteiger partial charge in [0, 0.05) is 1.43 Å². The molecule has 19 heavy (non-hydrogen) atoms. The molecule has 0 spiro atoms. The number of hydrogen-bond acceptors (Lipinski definition) is 0. The Morgan fingerprint density at radius 3 is 2.74 bits per heavy atom. The molecule has 0 heteroatoms. The van der Waals surface area contributed by atoms with E-state index in [2.05, 4.69) is 39.5 Å². The average molecular weight is 254 g/mol. The Labute approximate surface area is 118 Å². The fourth-order valence-corrected chi connectivity index (χ4v) is 3.48. The van der Waals surface area contributed by atoms with Gasteiger partial charge in [-0.3, -0.25) is 0 Å². The SMILES string of the molecule is C=Cc1cc2c(c(C)c1/C=C(\C)C1CC1)C[C@H](C)C2.[HH]. The first-order valence-corrected chi connectivity index (χ1v) is 7.56. The van der Waals surface area contributed by atoms with Crippen molar-refractivity contribution in [1.82, 2.24) is 0 Å².